The van der Waals surface area contributed by atoms with Gasteiger partial charge in [0.1, 0.15) is 5.82 Å². The van der Waals surface area contributed by atoms with Gasteiger partial charge in [0.05, 0.1) is 11.7 Å². The smallest absolute Gasteiger partial charge is 0.233 e. The van der Waals surface area contributed by atoms with Crippen LogP contribution in [-0.2, 0) is 20.2 Å². The molecule has 27 heavy (non-hydrogen) atoms. The lowest BCUT2D eigenvalue weighted by Crippen LogP contribution is -2.53. The normalized spacial score (nSPS) is 21.4. The van der Waals surface area contributed by atoms with Gasteiger partial charge < -0.3 is 4.90 Å². The van der Waals surface area contributed by atoms with Gasteiger partial charge in [-0.25, -0.2) is 17.1 Å². The number of benzene rings is 1. The van der Waals surface area contributed by atoms with E-state index in [1.165, 1.54) is 22.7 Å². The van der Waals surface area contributed by atoms with Gasteiger partial charge in [-0.15, -0.1) is 0 Å². The molecular formula is C20H29FN2O3S. The Kier molecular flexibility index (Phi) is 5.91. The summed E-state index contributed by atoms with van der Waals surface area (Å²) in [5.74, 6) is -0.170. The van der Waals surface area contributed by atoms with E-state index < -0.39 is 15.4 Å². The number of halogens is 1. The lowest BCUT2D eigenvalue weighted by molar-refractivity contribution is -0.140. The highest BCUT2D eigenvalue weighted by molar-refractivity contribution is 7.88. The predicted octanol–water partition coefficient (Wildman–Crippen LogP) is 2.91. The minimum atomic E-state index is -3.23. The second-order valence-electron chi connectivity index (χ2n) is 7.95. The van der Waals surface area contributed by atoms with Crippen molar-refractivity contribution in [2.45, 2.75) is 56.4 Å². The van der Waals surface area contributed by atoms with Gasteiger partial charge in [-0.1, -0.05) is 31.4 Å². The third kappa shape index (κ3) is 4.19. The average molecular weight is 397 g/mol. The molecule has 0 N–H and O–H groups in total. The van der Waals surface area contributed by atoms with Crippen LogP contribution in [0.1, 0.15) is 50.5 Å². The fourth-order valence-electron chi connectivity index (χ4n) is 4.56. The fourth-order valence-corrected chi connectivity index (χ4v) is 5.31. The number of likely N-dealkylation sites (tertiary alicyclic amines) is 1. The molecule has 1 aromatic carbocycles. The van der Waals surface area contributed by atoms with E-state index in [4.69, 9.17) is 0 Å². The third-order valence-electron chi connectivity index (χ3n) is 6.30. The maximum atomic E-state index is 13.5. The largest absolute Gasteiger partial charge is 0.342 e. The van der Waals surface area contributed by atoms with Crippen molar-refractivity contribution in [1.29, 1.82) is 0 Å². The number of carbonyl (C=O) groups excluding carboxylic acids is 1. The molecule has 3 rings (SSSR count). The topological polar surface area (TPSA) is 57.7 Å². The van der Waals surface area contributed by atoms with Crippen molar-refractivity contribution in [1.82, 2.24) is 9.21 Å². The molecule has 150 valence electrons. The minimum Gasteiger partial charge on any atom is -0.342 e. The third-order valence-corrected chi connectivity index (χ3v) is 7.65. The van der Waals surface area contributed by atoms with Gasteiger partial charge >= 0.3 is 0 Å². The van der Waals surface area contributed by atoms with Crippen LogP contribution in [0.2, 0.25) is 0 Å². The molecule has 7 heteroatoms. The number of hydrogen-bond acceptors (Lipinski definition) is 3. The zero-order valence-corrected chi connectivity index (χ0v) is 17.0. The van der Waals surface area contributed by atoms with Crippen LogP contribution in [0.15, 0.2) is 24.3 Å². The Balaban J connectivity index is 1.77. The Morgan fingerprint density at radius 1 is 1.11 bits per heavy atom. The van der Waals surface area contributed by atoms with E-state index in [0.29, 0.717) is 25.9 Å². The van der Waals surface area contributed by atoms with Crippen LogP contribution in [0, 0.1) is 5.82 Å². The summed E-state index contributed by atoms with van der Waals surface area (Å²) in [7, 11) is -1.62. The van der Waals surface area contributed by atoms with Crippen LogP contribution in [0.25, 0.3) is 0 Å². The Hall–Kier alpha value is -1.47. The molecule has 0 radical (unpaired) electrons. The monoisotopic (exact) mass is 396 g/mol. The van der Waals surface area contributed by atoms with E-state index in [-0.39, 0.29) is 17.8 Å². The Labute approximate surface area is 161 Å². The summed E-state index contributed by atoms with van der Waals surface area (Å²) in [4.78, 5) is 15.4. The zero-order chi connectivity index (χ0) is 19.7. The highest BCUT2D eigenvalue weighted by Crippen LogP contribution is 2.41. The lowest BCUT2D eigenvalue weighted by atomic mass is 9.68. The molecule has 1 saturated heterocycles. The molecule has 0 aromatic heterocycles. The number of piperidine rings is 1. The van der Waals surface area contributed by atoms with Crippen molar-refractivity contribution in [3.8, 4) is 0 Å². The summed E-state index contributed by atoms with van der Waals surface area (Å²) < 4.78 is 38.4. The van der Waals surface area contributed by atoms with Gasteiger partial charge in [-0.2, -0.15) is 0 Å². The molecule has 0 unspecified atom stereocenters. The van der Waals surface area contributed by atoms with Crippen LogP contribution in [0.3, 0.4) is 0 Å². The summed E-state index contributed by atoms with van der Waals surface area (Å²) >= 11 is 0. The molecule has 2 fully saturated rings. The number of hydrogen-bond donors (Lipinski definition) is 0. The van der Waals surface area contributed by atoms with Gasteiger partial charge in [-0.3, -0.25) is 4.79 Å². The van der Waals surface area contributed by atoms with Gasteiger partial charge in [0.25, 0.3) is 0 Å². The van der Waals surface area contributed by atoms with Crippen molar-refractivity contribution < 1.29 is 17.6 Å². The predicted molar refractivity (Wildman–Crippen MR) is 103 cm³/mol. The molecule has 0 bridgehead atoms. The maximum absolute atomic E-state index is 13.5. The first-order valence-electron chi connectivity index (χ1n) is 9.72. The van der Waals surface area contributed by atoms with Crippen LogP contribution in [0.4, 0.5) is 4.39 Å². The summed E-state index contributed by atoms with van der Waals surface area (Å²) in [6, 6.07) is 6.32. The molecule has 0 spiro atoms. The van der Waals surface area contributed by atoms with Gasteiger partial charge in [0.15, 0.2) is 0 Å². The van der Waals surface area contributed by atoms with Crippen molar-refractivity contribution in [2.75, 3.05) is 26.4 Å². The lowest BCUT2D eigenvalue weighted by Gasteiger charge is -2.43. The van der Waals surface area contributed by atoms with E-state index in [1.807, 2.05) is 4.90 Å². The summed E-state index contributed by atoms with van der Waals surface area (Å²) in [6.45, 7) is 1.12. The van der Waals surface area contributed by atoms with Gasteiger partial charge in [0, 0.05) is 26.2 Å². The number of nitrogens with zero attached hydrogens (tertiary/aromatic N) is 2. The summed E-state index contributed by atoms with van der Waals surface area (Å²) in [5, 5.41) is 0. The first-order valence-corrected chi connectivity index (χ1v) is 11.6. The SMILES string of the molecule is CN(C1CCN(C(=O)C2(c3ccc(F)cc3)CCCCC2)CC1)S(C)(=O)=O. The van der Waals surface area contributed by atoms with Crippen molar-refractivity contribution in [2.24, 2.45) is 0 Å². The molecule has 5 nitrogen and oxygen atoms in total. The molecule has 1 saturated carbocycles. The molecule has 1 aromatic rings. The number of amides is 1. The van der Waals surface area contributed by atoms with E-state index in [2.05, 4.69) is 0 Å². The first-order chi connectivity index (χ1) is 12.7. The van der Waals surface area contributed by atoms with E-state index in [0.717, 1.165) is 37.7 Å². The van der Waals surface area contributed by atoms with Crippen LogP contribution >= 0.6 is 0 Å². The van der Waals surface area contributed by atoms with Gasteiger partial charge in [-0.05, 0) is 43.4 Å². The summed E-state index contributed by atoms with van der Waals surface area (Å²) in [6.07, 6.45) is 7.21. The summed E-state index contributed by atoms with van der Waals surface area (Å²) in [5.41, 5.74) is 0.339. The number of sulfonamides is 1. The standard InChI is InChI=1S/C20H29FN2O3S/c1-22(27(2,25)26)18-10-14-23(15-11-18)19(24)20(12-4-3-5-13-20)16-6-8-17(21)9-7-16/h6-9,18H,3-5,10-15H2,1-2H3. The quantitative estimate of drug-likeness (QED) is 0.786. The zero-order valence-electron chi connectivity index (χ0n) is 16.2. The van der Waals surface area contributed by atoms with E-state index >= 15 is 0 Å². The highest BCUT2D eigenvalue weighted by Gasteiger charge is 2.44. The number of carbonyl (C=O) groups is 1. The first kappa shape index (κ1) is 20.3. The van der Waals surface area contributed by atoms with Crippen molar-refractivity contribution in [3.05, 3.63) is 35.6 Å². The molecule has 1 heterocycles. The molecule has 2 aliphatic rings. The number of rotatable bonds is 4. The Bertz CT molecular complexity index is 765. The fraction of sp³-hybridized carbons (Fsp3) is 0.650. The average Bonchev–Trinajstić information content (AvgIpc) is 2.67. The second-order valence-corrected chi connectivity index (χ2v) is 9.99. The Morgan fingerprint density at radius 3 is 2.19 bits per heavy atom. The van der Waals surface area contributed by atoms with E-state index in [1.54, 1.807) is 19.2 Å². The highest BCUT2D eigenvalue weighted by atomic mass is 32.2. The van der Waals surface area contributed by atoms with Gasteiger partial charge in [0.2, 0.25) is 15.9 Å². The van der Waals surface area contributed by atoms with Crippen LogP contribution in [0.5, 0.6) is 0 Å². The van der Waals surface area contributed by atoms with Crippen LogP contribution < -0.4 is 0 Å². The molecular weight excluding hydrogens is 367 g/mol. The van der Waals surface area contributed by atoms with Crippen molar-refractivity contribution >= 4 is 15.9 Å². The second kappa shape index (κ2) is 7.87. The Morgan fingerprint density at radius 2 is 1.67 bits per heavy atom. The van der Waals surface area contributed by atoms with E-state index in [9.17, 15) is 17.6 Å². The molecule has 1 aliphatic heterocycles. The molecule has 1 amide bonds. The maximum Gasteiger partial charge on any atom is 0.233 e. The molecule has 0 atom stereocenters. The van der Waals surface area contributed by atoms with Crippen LogP contribution in [-0.4, -0.2) is 56.0 Å². The molecule has 1 aliphatic carbocycles. The minimum absolute atomic E-state index is 0.0582. The van der Waals surface area contributed by atoms with Crippen molar-refractivity contribution in [3.63, 3.8) is 0 Å².